The van der Waals surface area contributed by atoms with Crippen LogP contribution in [0.25, 0.3) is 0 Å². The van der Waals surface area contributed by atoms with Crippen molar-refractivity contribution >= 4 is 5.91 Å². The number of nitriles is 1. The maximum absolute atomic E-state index is 12.4. The Morgan fingerprint density at radius 2 is 2.05 bits per heavy atom. The molecule has 2 rings (SSSR count). The summed E-state index contributed by atoms with van der Waals surface area (Å²) in [4.78, 5) is 16.1. The molecule has 1 saturated heterocycles. The number of rotatable bonds is 5. The second kappa shape index (κ2) is 8.20. The third-order valence-electron chi connectivity index (χ3n) is 3.70. The first kappa shape index (κ1) is 16.1. The number of amides is 1. The topological polar surface area (TPSA) is 59.4 Å². The number of hydrogen-bond acceptors (Lipinski definition) is 4. The molecular weight excluding hydrogens is 276 g/mol. The van der Waals surface area contributed by atoms with E-state index in [4.69, 9.17) is 0 Å². The van der Waals surface area contributed by atoms with Crippen molar-refractivity contribution in [2.75, 3.05) is 32.7 Å². The number of carbonyl (C=O) groups excluding carboxylic acids is 1. The highest BCUT2D eigenvalue weighted by atomic mass is 16.2. The van der Waals surface area contributed by atoms with E-state index in [2.05, 4.69) is 11.4 Å². The zero-order valence-corrected chi connectivity index (χ0v) is 13.0. The molecule has 1 heterocycles. The molecule has 0 atom stereocenters. The highest BCUT2D eigenvalue weighted by molar-refractivity contribution is 5.97. The third-order valence-corrected chi connectivity index (χ3v) is 3.70. The minimum Gasteiger partial charge on any atom is -0.372 e. The van der Waals surface area contributed by atoms with Gasteiger partial charge in [-0.25, -0.2) is 0 Å². The van der Waals surface area contributed by atoms with Crippen molar-refractivity contribution in [1.29, 1.82) is 5.26 Å². The van der Waals surface area contributed by atoms with Gasteiger partial charge in [-0.3, -0.25) is 4.79 Å². The maximum atomic E-state index is 12.4. The standard InChI is InChI=1S/C17H22N4O/c1-2-20(13-15-6-4-3-5-7-15)14-16(12-18)17(22)21-10-8-19-9-11-21/h3-7,14,19H,2,8-11,13H2,1H3/b16-14-. The highest BCUT2D eigenvalue weighted by Crippen LogP contribution is 2.09. The van der Waals surface area contributed by atoms with Crippen LogP contribution in [0.2, 0.25) is 0 Å². The fourth-order valence-corrected chi connectivity index (χ4v) is 2.42. The Hall–Kier alpha value is -2.32. The van der Waals surface area contributed by atoms with Crippen LogP contribution in [0, 0.1) is 11.3 Å². The van der Waals surface area contributed by atoms with E-state index in [-0.39, 0.29) is 11.5 Å². The van der Waals surface area contributed by atoms with Crippen LogP contribution in [0.3, 0.4) is 0 Å². The summed E-state index contributed by atoms with van der Waals surface area (Å²) in [6.45, 7) is 6.33. The van der Waals surface area contributed by atoms with Crippen LogP contribution in [0.5, 0.6) is 0 Å². The molecule has 22 heavy (non-hydrogen) atoms. The fourth-order valence-electron chi connectivity index (χ4n) is 2.42. The molecule has 0 saturated carbocycles. The average Bonchev–Trinajstić information content (AvgIpc) is 2.59. The van der Waals surface area contributed by atoms with Gasteiger partial charge in [0.15, 0.2) is 0 Å². The van der Waals surface area contributed by atoms with Crippen LogP contribution in [-0.4, -0.2) is 48.4 Å². The molecule has 0 radical (unpaired) electrons. The van der Waals surface area contributed by atoms with E-state index in [1.54, 1.807) is 11.1 Å². The molecule has 0 spiro atoms. The lowest BCUT2D eigenvalue weighted by atomic mass is 10.2. The molecule has 1 aromatic rings. The van der Waals surface area contributed by atoms with Crippen molar-refractivity contribution in [3.8, 4) is 6.07 Å². The summed E-state index contributed by atoms with van der Waals surface area (Å²) >= 11 is 0. The van der Waals surface area contributed by atoms with Crippen LogP contribution in [0.1, 0.15) is 12.5 Å². The Bertz CT molecular complexity index is 556. The van der Waals surface area contributed by atoms with E-state index >= 15 is 0 Å². The Balaban J connectivity index is 2.08. The van der Waals surface area contributed by atoms with E-state index in [1.807, 2.05) is 42.2 Å². The van der Waals surface area contributed by atoms with E-state index < -0.39 is 0 Å². The Labute approximate surface area is 131 Å². The normalized spacial score (nSPS) is 15.3. The third kappa shape index (κ3) is 4.34. The average molecular weight is 298 g/mol. The number of hydrogen-bond donors (Lipinski definition) is 1. The first-order chi connectivity index (χ1) is 10.7. The van der Waals surface area contributed by atoms with Gasteiger partial charge in [0.1, 0.15) is 11.6 Å². The summed E-state index contributed by atoms with van der Waals surface area (Å²) in [5.74, 6) is -0.171. The van der Waals surface area contributed by atoms with Gasteiger partial charge in [0.2, 0.25) is 0 Å². The van der Waals surface area contributed by atoms with E-state index in [0.717, 1.165) is 25.2 Å². The Kier molecular flexibility index (Phi) is 5.99. The number of piperazine rings is 1. The monoisotopic (exact) mass is 298 g/mol. The molecule has 1 N–H and O–H groups in total. The summed E-state index contributed by atoms with van der Waals surface area (Å²) in [7, 11) is 0. The molecular formula is C17H22N4O. The fraction of sp³-hybridized carbons (Fsp3) is 0.412. The van der Waals surface area contributed by atoms with Gasteiger partial charge in [0.25, 0.3) is 5.91 Å². The first-order valence-electron chi connectivity index (χ1n) is 7.64. The van der Waals surface area contributed by atoms with E-state index in [9.17, 15) is 10.1 Å². The first-order valence-corrected chi connectivity index (χ1v) is 7.64. The zero-order chi connectivity index (χ0) is 15.8. The van der Waals surface area contributed by atoms with Crippen molar-refractivity contribution in [3.63, 3.8) is 0 Å². The van der Waals surface area contributed by atoms with Gasteiger partial charge in [0.05, 0.1) is 0 Å². The largest absolute Gasteiger partial charge is 0.372 e. The van der Waals surface area contributed by atoms with Gasteiger partial charge in [-0.1, -0.05) is 30.3 Å². The number of carbonyl (C=O) groups is 1. The molecule has 0 aromatic heterocycles. The van der Waals surface area contributed by atoms with Gasteiger partial charge in [-0.15, -0.1) is 0 Å². The minimum atomic E-state index is -0.171. The van der Waals surface area contributed by atoms with Crippen molar-refractivity contribution in [2.24, 2.45) is 0 Å². The van der Waals surface area contributed by atoms with Crippen molar-refractivity contribution in [2.45, 2.75) is 13.5 Å². The second-order valence-electron chi connectivity index (χ2n) is 5.25. The molecule has 0 unspecified atom stereocenters. The Morgan fingerprint density at radius 3 is 2.64 bits per heavy atom. The molecule has 0 aliphatic carbocycles. The maximum Gasteiger partial charge on any atom is 0.266 e. The number of nitrogens with zero attached hydrogens (tertiary/aromatic N) is 3. The predicted octanol–water partition coefficient (Wildman–Crippen LogP) is 1.35. The lowest BCUT2D eigenvalue weighted by Gasteiger charge is -2.27. The van der Waals surface area contributed by atoms with E-state index in [1.165, 1.54) is 0 Å². The molecule has 1 fully saturated rings. The summed E-state index contributed by atoms with van der Waals surface area (Å²) in [6, 6.07) is 12.1. The van der Waals surface area contributed by atoms with Gasteiger partial charge < -0.3 is 15.1 Å². The van der Waals surface area contributed by atoms with Gasteiger partial charge in [-0.2, -0.15) is 5.26 Å². The molecule has 1 aromatic carbocycles. The molecule has 116 valence electrons. The van der Waals surface area contributed by atoms with Gasteiger partial charge >= 0.3 is 0 Å². The predicted molar refractivity (Wildman–Crippen MR) is 85.7 cm³/mol. The molecule has 5 nitrogen and oxygen atoms in total. The summed E-state index contributed by atoms with van der Waals surface area (Å²) < 4.78 is 0. The van der Waals surface area contributed by atoms with Crippen molar-refractivity contribution in [3.05, 3.63) is 47.7 Å². The van der Waals surface area contributed by atoms with Crippen LogP contribution in [0.4, 0.5) is 0 Å². The molecule has 0 bridgehead atoms. The number of nitrogens with one attached hydrogen (secondary N) is 1. The summed E-state index contributed by atoms with van der Waals surface area (Å²) in [5, 5.41) is 12.5. The van der Waals surface area contributed by atoms with Crippen molar-refractivity contribution in [1.82, 2.24) is 15.1 Å². The summed E-state index contributed by atoms with van der Waals surface area (Å²) in [5.41, 5.74) is 1.37. The number of benzene rings is 1. The lowest BCUT2D eigenvalue weighted by molar-refractivity contribution is -0.127. The minimum absolute atomic E-state index is 0.171. The summed E-state index contributed by atoms with van der Waals surface area (Å²) in [6.07, 6.45) is 1.69. The van der Waals surface area contributed by atoms with Gasteiger partial charge in [0, 0.05) is 45.5 Å². The molecule has 1 aliphatic heterocycles. The SMILES string of the molecule is CCN(/C=C(/C#N)C(=O)N1CCNCC1)Cc1ccccc1. The quantitative estimate of drug-likeness (QED) is 0.658. The molecule has 5 heteroatoms. The smallest absolute Gasteiger partial charge is 0.266 e. The van der Waals surface area contributed by atoms with Crippen LogP contribution < -0.4 is 5.32 Å². The van der Waals surface area contributed by atoms with E-state index in [0.29, 0.717) is 19.6 Å². The van der Waals surface area contributed by atoms with Crippen LogP contribution in [-0.2, 0) is 11.3 Å². The zero-order valence-electron chi connectivity index (χ0n) is 13.0. The van der Waals surface area contributed by atoms with Gasteiger partial charge in [-0.05, 0) is 12.5 Å². The lowest BCUT2D eigenvalue weighted by Crippen LogP contribution is -2.47. The van der Waals surface area contributed by atoms with Crippen molar-refractivity contribution < 1.29 is 4.79 Å². The molecule has 1 aliphatic rings. The highest BCUT2D eigenvalue weighted by Gasteiger charge is 2.20. The van der Waals surface area contributed by atoms with Crippen LogP contribution in [0.15, 0.2) is 42.1 Å². The second-order valence-corrected chi connectivity index (χ2v) is 5.25. The Morgan fingerprint density at radius 1 is 1.36 bits per heavy atom. The molecule has 1 amide bonds. The van der Waals surface area contributed by atoms with Crippen LogP contribution >= 0.6 is 0 Å².